The lowest BCUT2D eigenvalue weighted by Gasteiger charge is -2.23. The summed E-state index contributed by atoms with van der Waals surface area (Å²) >= 11 is 3.72. The molecule has 0 nitrogen and oxygen atoms in total. The highest BCUT2D eigenvalue weighted by molar-refractivity contribution is 9.10. The van der Waals surface area contributed by atoms with E-state index in [1.165, 1.54) is 47.7 Å². The van der Waals surface area contributed by atoms with Crippen molar-refractivity contribution >= 4 is 15.9 Å². The van der Waals surface area contributed by atoms with Crippen LogP contribution in [0.15, 0.2) is 22.7 Å². The van der Waals surface area contributed by atoms with Crippen molar-refractivity contribution in [1.29, 1.82) is 0 Å². The minimum atomic E-state index is 0.804. The highest BCUT2D eigenvalue weighted by Gasteiger charge is 2.17. The molecule has 0 N–H and O–H groups in total. The number of hydrogen-bond donors (Lipinski definition) is 0. The van der Waals surface area contributed by atoms with Crippen LogP contribution >= 0.6 is 15.9 Å². The highest BCUT2D eigenvalue weighted by Crippen LogP contribution is 2.37. The summed E-state index contributed by atoms with van der Waals surface area (Å²) in [7, 11) is 0. The third-order valence-corrected chi connectivity index (χ3v) is 4.35. The Balaban J connectivity index is 2.26. The maximum Gasteiger partial charge on any atom is 0.0239 e. The molecule has 0 bridgehead atoms. The van der Waals surface area contributed by atoms with Crippen LogP contribution in [-0.2, 0) is 0 Å². The first-order valence-electron chi connectivity index (χ1n) is 5.54. The van der Waals surface area contributed by atoms with E-state index < -0.39 is 0 Å². The van der Waals surface area contributed by atoms with E-state index in [9.17, 15) is 0 Å². The van der Waals surface area contributed by atoms with E-state index in [-0.39, 0.29) is 0 Å². The average molecular weight is 253 g/mol. The first-order chi connectivity index (χ1) is 6.79. The van der Waals surface area contributed by atoms with Crippen LogP contribution in [0.25, 0.3) is 0 Å². The first kappa shape index (κ1) is 10.2. The number of hydrogen-bond acceptors (Lipinski definition) is 0. The van der Waals surface area contributed by atoms with Gasteiger partial charge in [-0.15, -0.1) is 0 Å². The van der Waals surface area contributed by atoms with Gasteiger partial charge in [0.2, 0.25) is 0 Å². The summed E-state index contributed by atoms with van der Waals surface area (Å²) in [5.74, 6) is 0.804. The molecule has 0 unspecified atom stereocenters. The van der Waals surface area contributed by atoms with Crippen LogP contribution in [0.5, 0.6) is 0 Å². The molecule has 1 heteroatoms. The molecule has 0 saturated heterocycles. The molecule has 0 amide bonds. The van der Waals surface area contributed by atoms with E-state index in [0.717, 1.165) is 5.92 Å². The molecule has 0 radical (unpaired) electrons. The fraction of sp³-hybridized carbons (Fsp3) is 0.538. The second kappa shape index (κ2) is 4.48. The van der Waals surface area contributed by atoms with E-state index in [0.29, 0.717) is 0 Å². The zero-order valence-corrected chi connectivity index (χ0v) is 10.3. The molecular formula is C13H17Br. The van der Waals surface area contributed by atoms with Gasteiger partial charge in [-0.25, -0.2) is 0 Å². The second-order valence-corrected chi connectivity index (χ2v) is 5.11. The third kappa shape index (κ3) is 2.03. The van der Waals surface area contributed by atoms with Crippen molar-refractivity contribution in [2.45, 2.75) is 44.9 Å². The van der Waals surface area contributed by atoms with Gasteiger partial charge in [-0.2, -0.15) is 0 Å². The van der Waals surface area contributed by atoms with Crippen molar-refractivity contribution in [3.8, 4) is 0 Å². The Labute approximate surface area is 94.8 Å². The molecule has 1 fully saturated rings. The Hall–Kier alpha value is -0.300. The van der Waals surface area contributed by atoms with E-state index in [1.54, 1.807) is 0 Å². The summed E-state index contributed by atoms with van der Waals surface area (Å²) in [6, 6.07) is 6.65. The number of aryl methyl sites for hydroxylation is 1. The summed E-state index contributed by atoms with van der Waals surface area (Å²) in [5, 5.41) is 0. The Bertz CT molecular complexity index is 311. The third-order valence-electron chi connectivity index (χ3n) is 3.27. The molecule has 1 aliphatic carbocycles. The summed E-state index contributed by atoms with van der Waals surface area (Å²) in [6.07, 6.45) is 7.00. The smallest absolute Gasteiger partial charge is 0.0239 e. The Morgan fingerprint density at radius 1 is 1.14 bits per heavy atom. The Kier molecular flexibility index (Phi) is 3.27. The fourth-order valence-electron chi connectivity index (χ4n) is 2.40. The minimum absolute atomic E-state index is 0.804. The van der Waals surface area contributed by atoms with Crippen molar-refractivity contribution in [3.63, 3.8) is 0 Å². The first-order valence-corrected chi connectivity index (χ1v) is 6.33. The molecule has 1 saturated carbocycles. The molecule has 1 aromatic rings. The summed E-state index contributed by atoms with van der Waals surface area (Å²) in [6.45, 7) is 2.18. The van der Waals surface area contributed by atoms with Gasteiger partial charge in [0.05, 0.1) is 0 Å². The van der Waals surface area contributed by atoms with Gasteiger partial charge >= 0.3 is 0 Å². The molecule has 0 spiro atoms. The molecule has 1 aliphatic rings. The topological polar surface area (TPSA) is 0 Å². The molecule has 0 aromatic heterocycles. The second-order valence-electron chi connectivity index (χ2n) is 4.31. The molecule has 0 atom stereocenters. The average Bonchev–Trinajstić information content (AvgIpc) is 2.23. The van der Waals surface area contributed by atoms with Gasteiger partial charge < -0.3 is 0 Å². The van der Waals surface area contributed by atoms with Crippen LogP contribution in [0, 0.1) is 6.92 Å². The Morgan fingerprint density at radius 2 is 1.86 bits per heavy atom. The van der Waals surface area contributed by atoms with Crippen molar-refractivity contribution in [2.75, 3.05) is 0 Å². The van der Waals surface area contributed by atoms with Crippen LogP contribution in [0.4, 0.5) is 0 Å². The van der Waals surface area contributed by atoms with Crippen molar-refractivity contribution in [2.24, 2.45) is 0 Å². The quantitative estimate of drug-likeness (QED) is 0.674. The molecule has 1 aromatic carbocycles. The van der Waals surface area contributed by atoms with Crippen LogP contribution < -0.4 is 0 Å². The fourth-order valence-corrected chi connectivity index (χ4v) is 2.99. The predicted molar refractivity (Wildman–Crippen MR) is 64.7 cm³/mol. The van der Waals surface area contributed by atoms with Gasteiger partial charge in [0.25, 0.3) is 0 Å². The molecule has 76 valence electrons. The predicted octanol–water partition coefficient (Wildman–Crippen LogP) is 4.81. The lowest BCUT2D eigenvalue weighted by atomic mass is 9.84. The molecule has 0 heterocycles. The Morgan fingerprint density at radius 3 is 2.57 bits per heavy atom. The van der Waals surface area contributed by atoms with E-state index >= 15 is 0 Å². The number of benzene rings is 1. The number of rotatable bonds is 1. The highest BCUT2D eigenvalue weighted by atomic mass is 79.9. The van der Waals surface area contributed by atoms with E-state index in [2.05, 4.69) is 41.1 Å². The standard InChI is InChI=1S/C13H17Br/c1-10-6-5-9-12(13(10)14)11-7-3-2-4-8-11/h5-6,9,11H,2-4,7-8H2,1H3. The molecule has 14 heavy (non-hydrogen) atoms. The van der Waals surface area contributed by atoms with Gasteiger partial charge in [0, 0.05) is 4.47 Å². The van der Waals surface area contributed by atoms with Crippen LogP contribution in [-0.4, -0.2) is 0 Å². The van der Waals surface area contributed by atoms with Crippen molar-refractivity contribution < 1.29 is 0 Å². The van der Waals surface area contributed by atoms with Crippen molar-refractivity contribution in [3.05, 3.63) is 33.8 Å². The molecule has 0 aliphatic heterocycles. The van der Waals surface area contributed by atoms with Gasteiger partial charge in [-0.1, -0.05) is 53.4 Å². The largest absolute Gasteiger partial charge is 0.0616 e. The lowest BCUT2D eigenvalue weighted by molar-refractivity contribution is 0.442. The van der Waals surface area contributed by atoms with Crippen LogP contribution in [0.3, 0.4) is 0 Å². The van der Waals surface area contributed by atoms with Gasteiger partial charge in [-0.3, -0.25) is 0 Å². The summed E-state index contributed by atoms with van der Waals surface area (Å²) in [5.41, 5.74) is 2.90. The zero-order valence-electron chi connectivity index (χ0n) is 8.72. The maximum absolute atomic E-state index is 3.72. The zero-order chi connectivity index (χ0) is 9.97. The minimum Gasteiger partial charge on any atom is -0.0616 e. The molecular weight excluding hydrogens is 236 g/mol. The lowest BCUT2D eigenvalue weighted by Crippen LogP contribution is -2.05. The SMILES string of the molecule is Cc1cccc(C2CCCCC2)c1Br. The summed E-state index contributed by atoms with van der Waals surface area (Å²) < 4.78 is 1.34. The van der Waals surface area contributed by atoms with Crippen LogP contribution in [0.2, 0.25) is 0 Å². The van der Waals surface area contributed by atoms with E-state index in [1.807, 2.05) is 0 Å². The van der Waals surface area contributed by atoms with Gasteiger partial charge in [-0.05, 0) is 36.8 Å². The van der Waals surface area contributed by atoms with Crippen LogP contribution in [0.1, 0.15) is 49.1 Å². The van der Waals surface area contributed by atoms with Crippen molar-refractivity contribution in [1.82, 2.24) is 0 Å². The van der Waals surface area contributed by atoms with Gasteiger partial charge in [0.1, 0.15) is 0 Å². The van der Waals surface area contributed by atoms with E-state index in [4.69, 9.17) is 0 Å². The van der Waals surface area contributed by atoms with Gasteiger partial charge in [0.15, 0.2) is 0 Å². The maximum atomic E-state index is 3.72. The summed E-state index contributed by atoms with van der Waals surface area (Å²) in [4.78, 5) is 0. The number of halogens is 1. The molecule has 2 rings (SSSR count). The monoisotopic (exact) mass is 252 g/mol. The normalized spacial score (nSPS) is 18.4.